The normalized spacial score (nSPS) is 11.7. The Labute approximate surface area is 167 Å². The van der Waals surface area contributed by atoms with Crippen LogP contribution in [0.4, 0.5) is 18.9 Å². The zero-order valence-electron chi connectivity index (χ0n) is 15.5. The average Bonchev–Trinajstić information content (AvgIpc) is 3.16. The summed E-state index contributed by atoms with van der Waals surface area (Å²) >= 11 is 0. The Morgan fingerprint density at radius 3 is 2.60 bits per heavy atom. The van der Waals surface area contributed by atoms with Gasteiger partial charge in [-0.2, -0.15) is 5.10 Å². The number of para-hydroxylation sites is 1. The predicted octanol–water partition coefficient (Wildman–Crippen LogP) is 2.28. The lowest BCUT2D eigenvalue weighted by Crippen LogP contribution is -2.40. The van der Waals surface area contributed by atoms with E-state index in [1.165, 1.54) is 6.92 Å². The minimum atomic E-state index is -1.73. The number of rotatable bonds is 6. The molecule has 0 fully saturated rings. The van der Waals surface area contributed by atoms with Crippen molar-refractivity contribution in [2.45, 2.75) is 13.0 Å². The van der Waals surface area contributed by atoms with Crippen molar-refractivity contribution in [1.82, 2.24) is 15.5 Å². The molecule has 0 saturated carbocycles. The van der Waals surface area contributed by atoms with Gasteiger partial charge in [-0.05, 0) is 25.1 Å². The molecular formula is C19H15F3N4O4. The Balaban J connectivity index is 1.53. The van der Waals surface area contributed by atoms with E-state index in [0.717, 1.165) is 6.07 Å². The monoisotopic (exact) mass is 420 g/mol. The lowest BCUT2D eigenvalue weighted by Gasteiger charge is -2.13. The Morgan fingerprint density at radius 1 is 1.10 bits per heavy atom. The number of carbonyl (C=O) groups excluding carboxylic acids is 3. The zero-order valence-corrected chi connectivity index (χ0v) is 15.5. The molecule has 8 nitrogen and oxygen atoms in total. The number of esters is 1. The second-order valence-electron chi connectivity index (χ2n) is 6.15. The predicted molar refractivity (Wildman–Crippen MR) is 98.9 cm³/mol. The number of nitrogens with one attached hydrogen (secondary N) is 3. The van der Waals surface area contributed by atoms with E-state index >= 15 is 0 Å². The Kier molecular flexibility index (Phi) is 6.00. The molecular weight excluding hydrogens is 405 g/mol. The van der Waals surface area contributed by atoms with Gasteiger partial charge < -0.3 is 15.4 Å². The number of aromatic nitrogens is 2. The van der Waals surface area contributed by atoms with Crippen molar-refractivity contribution in [3.05, 3.63) is 59.5 Å². The van der Waals surface area contributed by atoms with Gasteiger partial charge in [-0.1, -0.05) is 18.2 Å². The molecule has 1 heterocycles. The Hall–Kier alpha value is -3.89. The first-order valence-electron chi connectivity index (χ1n) is 8.63. The Bertz CT molecular complexity index is 1130. The van der Waals surface area contributed by atoms with Crippen LogP contribution < -0.4 is 10.6 Å². The summed E-state index contributed by atoms with van der Waals surface area (Å²) in [6, 6.07) is 8.31. The lowest BCUT2D eigenvalue weighted by molar-refractivity contribution is -0.130. The maximum Gasteiger partial charge on any atom is 0.360 e. The van der Waals surface area contributed by atoms with Crippen LogP contribution in [0, 0.1) is 17.5 Å². The number of benzene rings is 2. The quantitative estimate of drug-likeness (QED) is 0.418. The van der Waals surface area contributed by atoms with Gasteiger partial charge in [0.15, 0.2) is 29.2 Å². The van der Waals surface area contributed by atoms with Crippen LogP contribution >= 0.6 is 0 Å². The van der Waals surface area contributed by atoms with Gasteiger partial charge in [-0.25, -0.2) is 18.0 Å². The number of hydrogen-bond acceptors (Lipinski definition) is 5. The van der Waals surface area contributed by atoms with Crippen molar-refractivity contribution >= 4 is 34.4 Å². The molecule has 0 aliphatic heterocycles. The Morgan fingerprint density at radius 2 is 1.83 bits per heavy atom. The molecule has 3 rings (SSSR count). The first kappa shape index (κ1) is 20.8. The summed E-state index contributed by atoms with van der Waals surface area (Å²) in [6.45, 7) is 0.666. The van der Waals surface area contributed by atoms with Crippen molar-refractivity contribution in [2.75, 3.05) is 11.9 Å². The van der Waals surface area contributed by atoms with E-state index in [1.54, 1.807) is 24.3 Å². The standard InChI is InChI=1S/C19H15F3N4O4/c1-9(30-19(29)17-10-4-2-3-5-12(10)25-26-17)18(28)23-8-14(27)24-13-7-6-11(20)15(21)16(13)22/h2-7,9H,8H2,1H3,(H,23,28)(H,24,27)(H,25,26). The topological polar surface area (TPSA) is 113 Å². The van der Waals surface area contributed by atoms with E-state index < -0.39 is 53.6 Å². The van der Waals surface area contributed by atoms with Gasteiger partial charge in [-0.15, -0.1) is 0 Å². The van der Waals surface area contributed by atoms with Gasteiger partial charge in [-0.3, -0.25) is 14.7 Å². The molecule has 3 N–H and O–H groups in total. The molecule has 0 spiro atoms. The fourth-order valence-electron chi connectivity index (χ4n) is 2.52. The molecule has 2 amide bonds. The summed E-state index contributed by atoms with van der Waals surface area (Å²) in [5, 5.41) is 11.2. The third-order valence-corrected chi connectivity index (χ3v) is 4.05. The van der Waals surface area contributed by atoms with Crippen LogP contribution in [0.2, 0.25) is 0 Å². The summed E-state index contributed by atoms with van der Waals surface area (Å²) < 4.78 is 44.7. The van der Waals surface area contributed by atoms with E-state index in [9.17, 15) is 27.6 Å². The molecule has 0 radical (unpaired) electrons. The van der Waals surface area contributed by atoms with Crippen LogP contribution in [0.25, 0.3) is 10.9 Å². The van der Waals surface area contributed by atoms with E-state index in [1.807, 2.05) is 5.32 Å². The van der Waals surface area contributed by atoms with Crippen LogP contribution in [-0.4, -0.2) is 40.6 Å². The van der Waals surface area contributed by atoms with Crippen molar-refractivity contribution < 1.29 is 32.3 Å². The third kappa shape index (κ3) is 4.40. The van der Waals surface area contributed by atoms with Crippen molar-refractivity contribution in [3.63, 3.8) is 0 Å². The molecule has 0 aliphatic rings. The summed E-state index contributed by atoms with van der Waals surface area (Å²) in [5.74, 6) is -7.25. The minimum absolute atomic E-state index is 0.00296. The molecule has 1 aromatic heterocycles. The molecule has 1 unspecified atom stereocenters. The molecule has 0 bridgehead atoms. The van der Waals surface area contributed by atoms with E-state index in [0.29, 0.717) is 17.0 Å². The number of nitrogens with zero attached hydrogens (tertiary/aromatic N) is 1. The highest BCUT2D eigenvalue weighted by Gasteiger charge is 2.23. The van der Waals surface area contributed by atoms with Crippen LogP contribution in [0.5, 0.6) is 0 Å². The fourth-order valence-corrected chi connectivity index (χ4v) is 2.52. The average molecular weight is 420 g/mol. The maximum atomic E-state index is 13.6. The van der Waals surface area contributed by atoms with Gasteiger partial charge in [0.1, 0.15) is 0 Å². The van der Waals surface area contributed by atoms with Gasteiger partial charge >= 0.3 is 5.97 Å². The summed E-state index contributed by atoms with van der Waals surface area (Å²) in [6.07, 6.45) is -1.26. The molecule has 156 valence electrons. The highest BCUT2D eigenvalue weighted by molar-refractivity contribution is 6.03. The largest absolute Gasteiger partial charge is 0.448 e. The molecule has 0 saturated heterocycles. The van der Waals surface area contributed by atoms with Crippen LogP contribution in [-0.2, 0) is 14.3 Å². The number of H-pyrrole nitrogens is 1. The molecule has 30 heavy (non-hydrogen) atoms. The first-order valence-corrected chi connectivity index (χ1v) is 8.63. The minimum Gasteiger partial charge on any atom is -0.448 e. The van der Waals surface area contributed by atoms with E-state index in [-0.39, 0.29) is 5.69 Å². The maximum absolute atomic E-state index is 13.6. The number of halogens is 3. The number of ether oxygens (including phenoxy) is 1. The number of amides is 2. The summed E-state index contributed by atoms with van der Waals surface area (Å²) in [4.78, 5) is 36.1. The molecule has 1 atom stereocenters. The van der Waals surface area contributed by atoms with Crippen molar-refractivity contribution in [3.8, 4) is 0 Å². The molecule has 2 aromatic carbocycles. The van der Waals surface area contributed by atoms with Crippen molar-refractivity contribution in [2.24, 2.45) is 0 Å². The summed E-state index contributed by atoms with van der Waals surface area (Å²) in [7, 11) is 0. The van der Waals surface area contributed by atoms with Crippen LogP contribution in [0.1, 0.15) is 17.4 Å². The van der Waals surface area contributed by atoms with Gasteiger partial charge in [0.2, 0.25) is 5.91 Å². The number of fused-ring (bicyclic) bond motifs is 1. The molecule has 0 aliphatic carbocycles. The fraction of sp³-hybridized carbons (Fsp3) is 0.158. The highest BCUT2D eigenvalue weighted by atomic mass is 19.2. The molecule has 3 aromatic rings. The van der Waals surface area contributed by atoms with Crippen LogP contribution in [0.3, 0.4) is 0 Å². The number of anilines is 1. The van der Waals surface area contributed by atoms with Crippen molar-refractivity contribution in [1.29, 1.82) is 0 Å². The first-order chi connectivity index (χ1) is 14.3. The molecule has 11 heteroatoms. The third-order valence-electron chi connectivity index (χ3n) is 4.05. The van der Waals surface area contributed by atoms with Gasteiger partial charge in [0.05, 0.1) is 17.7 Å². The summed E-state index contributed by atoms with van der Waals surface area (Å²) in [5.41, 5.74) is 0.0255. The SMILES string of the molecule is CC(OC(=O)c1n[nH]c2ccccc12)C(=O)NCC(=O)Nc1ccc(F)c(F)c1F. The second kappa shape index (κ2) is 8.64. The number of carbonyl (C=O) groups is 3. The van der Waals surface area contributed by atoms with Gasteiger partial charge in [0.25, 0.3) is 5.91 Å². The number of hydrogen-bond donors (Lipinski definition) is 3. The van der Waals surface area contributed by atoms with Gasteiger partial charge in [0, 0.05) is 5.39 Å². The lowest BCUT2D eigenvalue weighted by atomic mass is 10.2. The second-order valence-corrected chi connectivity index (χ2v) is 6.15. The van der Waals surface area contributed by atoms with E-state index in [4.69, 9.17) is 4.74 Å². The zero-order chi connectivity index (χ0) is 21.8. The highest BCUT2D eigenvalue weighted by Crippen LogP contribution is 2.19. The van der Waals surface area contributed by atoms with Crippen LogP contribution in [0.15, 0.2) is 36.4 Å². The smallest absolute Gasteiger partial charge is 0.360 e. The van der Waals surface area contributed by atoms with E-state index in [2.05, 4.69) is 15.5 Å². The number of aromatic amines is 1.